The van der Waals surface area contributed by atoms with E-state index >= 15 is 0 Å². The monoisotopic (exact) mass is 381 g/mol. The Balaban J connectivity index is 1.30. The first kappa shape index (κ1) is 18.7. The van der Waals surface area contributed by atoms with Crippen molar-refractivity contribution in [3.8, 4) is 0 Å². The summed E-state index contributed by atoms with van der Waals surface area (Å²) in [6, 6.07) is 11.5. The fourth-order valence-corrected chi connectivity index (χ4v) is 3.84. The Hall–Kier alpha value is -2.60. The molecule has 1 aromatic heterocycles. The third-order valence-corrected chi connectivity index (χ3v) is 5.51. The standard InChI is InChI=1S/C22H27N3O3/c1-15-11-19(15)20-9-8-18(28-20)13-24(2)14-21(26)23-16-5-3-6-17(12-16)25-10-4-7-22(25)27/h3,5-6,8-9,12,15,19H,4,7,10-11,13-14H2,1-2H3,(H,23,26)/t15-,19-/m0/s1. The van der Waals surface area contributed by atoms with Crippen LogP contribution in [0.1, 0.15) is 43.6 Å². The Kier molecular flexibility index (Phi) is 5.22. The lowest BCUT2D eigenvalue weighted by Gasteiger charge is -2.18. The van der Waals surface area contributed by atoms with Crippen LogP contribution in [0.15, 0.2) is 40.8 Å². The van der Waals surface area contributed by atoms with Gasteiger partial charge < -0.3 is 14.6 Å². The van der Waals surface area contributed by atoms with Gasteiger partial charge in [0.25, 0.3) is 0 Å². The van der Waals surface area contributed by atoms with Gasteiger partial charge in [-0.3, -0.25) is 14.5 Å². The lowest BCUT2D eigenvalue weighted by atomic mass is 10.2. The Morgan fingerprint density at radius 1 is 1.32 bits per heavy atom. The molecule has 2 aromatic rings. The second kappa shape index (κ2) is 7.80. The van der Waals surface area contributed by atoms with Crippen molar-refractivity contribution in [3.05, 3.63) is 47.9 Å². The SMILES string of the molecule is C[C@H]1C[C@@H]1c1ccc(CN(C)CC(=O)Nc2cccc(N3CCCC3=O)c2)o1. The summed E-state index contributed by atoms with van der Waals surface area (Å²) < 4.78 is 5.92. The van der Waals surface area contributed by atoms with Crippen molar-refractivity contribution in [1.29, 1.82) is 0 Å². The molecular formula is C22H27N3O3. The summed E-state index contributed by atoms with van der Waals surface area (Å²) in [6.07, 6.45) is 2.68. The first-order valence-corrected chi connectivity index (χ1v) is 9.97. The summed E-state index contributed by atoms with van der Waals surface area (Å²) >= 11 is 0. The van der Waals surface area contributed by atoms with Gasteiger partial charge in [0, 0.05) is 30.3 Å². The Morgan fingerprint density at radius 2 is 2.14 bits per heavy atom. The third-order valence-electron chi connectivity index (χ3n) is 5.51. The molecule has 0 unspecified atom stereocenters. The molecular weight excluding hydrogens is 354 g/mol. The molecule has 1 aliphatic heterocycles. The van der Waals surface area contributed by atoms with Gasteiger partial charge in [0.15, 0.2) is 0 Å². The average Bonchev–Trinajstić information content (AvgIpc) is 3.03. The van der Waals surface area contributed by atoms with E-state index in [-0.39, 0.29) is 18.4 Å². The maximum atomic E-state index is 12.4. The second-order valence-electron chi connectivity index (χ2n) is 8.04. The topological polar surface area (TPSA) is 65.8 Å². The highest BCUT2D eigenvalue weighted by atomic mass is 16.3. The number of hydrogen-bond acceptors (Lipinski definition) is 4. The maximum Gasteiger partial charge on any atom is 0.238 e. The molecule has 1 saturated heterocycles. The number of hydrogen-bond donors (Lipinski definition) is 1. The van der Waals surface area contributed by atoms with Crippen LogP contribution in [-0.4, -0.2) is 36.9 Å². The van der Waals surface area contributed by atoms with Gasteiger partial charge in [-0.1, -0.05) is 13.0 Å². The predicted molar refractivity (Wildman–Crippen MR) is 108 cm³/mol. The molecule has 2 atom stereocenters. The number of anilines is 2. The van der Waals surface area contributed by atoms with Crippen molar-refractivity contribution in [2.45, 2.75) is 38.6 Å². The predicted octanol–water partition coefficient (Wildman–Crippen LogP) is 3.60. The lowest BCUT2D eigenvalue weighted by molar-refractivity contribution is -0.117. The molecule has 1 aromatic carbocycles. The minimum Gasteiger partial charge on any atom is -0.464 e. The van der Waals surface area contributed by atoms with Crippen LogP contribution in [0.25, 0.3) is 0 Å². The van der Waals surface area contributed by atoms with Crippen LogP contribution < -0.4 is 10.2 Å². The lowest BCUT2D eigenvalue weighted by Crippen LogP contribution is -2.30. The van der Waals surface area contributed by atoms with Crippen LogP contribution in [0.4, 0.5) is 11.4 Å². The van der Waals surface area contributed by atoms with Gasteiger partial charge in [0.1, 0.15) is 11.5 Å². The fraction of sp³-hybridized carbons (Fsp3) is 0.455. The van der Waals surface area contributed by atoms with E-state index in [2.05, 4.69) is 18.3 Å². The number of benzene rings is 1. The molecule has 148 valence electrons. The largest absolute Gasteiger partial charge is 0.464 e. The number of nitrogens with one attached hydrogen (secondary N) is 1. The van der Waals surface area contributed by atoms with Crippen molar-refractivity contribution in [2.75, 3.05) is 30.4 Å². The number of furan rings is 1. The zero-order valence-corrected chi connectivity index (χ0v) is 16.5. The fourth-order valence-electron chi connectivity index (χ4n) is 3.84. The number of rotatable bonds is 7. The molecule has 1 N–H and O–H groups in total. The van der Waals surface area contributed by atoms with E-state index in [4.69, 9.17) is 4.42 Å². The highest BCUT2D eigenvalue weighted by Crippen LogP contribution is 2.47. The van der Waals surface area contributed by atoms with Crippen LogP contribution >= 0.6 is 0 Å². The molecule has 0 bridgehead atoms. The van der Waals surface area contributed by atoms with Gasteiger partial charge >= 0.3 is 0 Å². The molecule has 2 heterocycles. The first-order valence-electron chi connectivity index (χ1n) is 9.97. The first-order chi connectivity index (χ1) is 13.5. The van der Waals surface area contributed by atoms with Crippen LogP contribution in [0.3, 0.4) is 0 Å². The van der Waals surface area contributed by atoms with E-state index < -0.39 is 0 Å². The molecule has 2 amide bonds. The van der Waals surface area contributed by atoms with Crippen molar-refractivity contribution in [1.82, 2.24) is 4.90 Å². The maximum absolute atomic E-state index is 12.4. The average molecular weight is 381 g/mol. The van der Waals surface area contributed by atoms with Gasteiger partial charge in [-0.15, -0.1) is 0 Å². The third kappa shape index (κ3) is 4.28. The molecule has 0 spiro atoms. The van der Waals surface area contributed by atoms with Crippen molar-refractivity contribution in [2.24, 2.45) is 5.92 Å². The normalized spacial score (nSPS) is 21.4. The Morgan fingerprint density at radius 3 is 2.86 bits per heavy atom. The quantitative estimate of drug-likeness (QED) is 0.796. The minimum atomic E-state index is -0.0880. The van der Waals surface area contributed by atoms with Gasteiger partial charge in [-0.2, -0.15) is 0 Å². The molecule has 28 heavy (non-hydrogen) atoms. The van der Waals surface area contributed by atoms with E-state index in [1.165, 1.54) is 6.42 Å². The van der Waals surface area contributed by atoms with Crippen molar-refractivity contribution < 1.29 is 14.0 Å². The number of carbonyl (C=O) groups is 2. The van der Waals surface area contributed by atoms with Gasteiger partial charge in [-0.05, 0) is 56.1 Å². The highest BCUT2D eigenvalue weighted by molar-refractivity contribution is 5.97. The van der Waals surface area contributed by atoms with E-state index in [0.717, 1.165) is 30.2 Å². The molecule has 6 heteroatoms. The summed E-state index contributed by atoms with van der Waals surface area (Å²) in [5.41, 5.74) is 1.55. The number of amides is 2. The molecule has 1 aliphatic carbocycles. The number of nitrogens with zero attached hydrogens (tertiary/aromatic N) is 2. The molecule has 1 saturated carbocycles. The van der Waals surface area contributed by atoms with E-state index in [0.29, 0.717) is 30.5 Å². The smallest absolute Gasteiger partial charge is 0.238 e. The Bertz CT molecular complexity index is 875. The minimum absolute atomic E-state index is 0.0880. The molecule has 4 rings (SSSR count). The van der Waals surface area contributed by atoms with Crippen molar-refractivity contribution in [3.63, 3.8) is 0 Å². The van der Waals surface area contributed by atoms with Crippen LogP contribution in [-0.2, 0) is 16.1 Å². The summed E-state index contributed by atoms with van der Waals surface area (Å²) in [4.78, 5) is 28.0. The summed E-state index contributed by atoms with van der Waals surface area (Å²) in [5.74, 6) is 3.29. The summed E-state index contributed by atoms with van der Waals surface area (Å²) in [6.45, 7) is 3.83. The van der Waals surface area contributed by atoms with Gasteiger partial charge in [0.2, 0.25) is 11.8 Å². The molecule has 0 radical (unpaired) electrons. The number of carbonyl (C=O) groups excluding carboxylic acids is 2. The molecule has 2 aliphatic rings. The summed E-state index contributed by atoms with van der Waals surface area (Å²) in [7, 11) is 1.90. The van der Waals surface area contributed by atoms with E-state index in [1.807, 2.05) is 42.3 Å². The Labute approximate surface area is 165 Å². The second-order valence-corrected chi connectivity index (χ2v) is 8.04. The van der Waals surface area contributed by atoms with E-state index in [1.54, 1.807) is 4.90 Å². The zero-order valence-electron chi connectivity index (χ0n) is 16.5. The molecule has 6 nitrogen and oxygen atoms in total. The molecule has 2 fully saturated rings. The number of likely N-dealkylation sites (N-methyl/N-ethyl adjacent to an activating group) is 1. The van der Waals surface area contributed by atoms with Crippen LogP contribution in [0.2, 0.25) is 0 Å². The summed E-state index contributed by atoms with van der Waals surface area (Å²) in [5, 5.41) is 2.93. The van der Waals surface area contributed by atoms with E-state index in [9.17, 15) is 9.59 Å². The van der Waals surface area contributed by atoms with Crippen LogP contribution in [0.5, 0.6) is 0 Å². The van der Waals surface area contributed by atoms with Crippen molar-refractivity contribution >= 4 is 23.2 Å². The highest BCUT2D eigenvalue weighted by Gasteiger charge is 2.36. The zero-order chi connectivity index (χ0) is 19.7. The van der Waals surface area contributed by atoms with Gasteiger partial charge in [0.05, 0.1) is 13.1 Å². The van der Waals surface area contributed by atoms with Gasteiger partial charge in [-0.25, -0.2) is 0 Å². The van der Waals surface area contributed by atoms with Crippen LogP contribution in [0, 0.1) is 5.92 Å².